The highest BCUT2D eigenvalue weighted by atomic mass is 35.5. The van der Waals surface area contributed by atoms with Gasteiger partial charge < -0.3 is 4.90 Å². The van der Waals surface area contributed by atoms with Gasteiger partial charge in [-0.25, -0.2) is 0 Å². The molecule has 0 spiro atoms. The standard InChI is InChI=1S/C16H18N2O.ClH/c19-16(15-7-4-10-17-15)18-11-8-14(9-12-18)13-5-2-1-3-6-13;/h1-8,15,17H,9-12H2;1H. The van der Waals surface area contributed by atoms with Gasteiger partial charge in [-0.15, -0.1) is 12.4 Å². The van der Waals surface area contributed by atoms with E-state index in [2.05, 4.69) is 35.7 Å². The highest BCUT2D eigenvalue weighted by Gasteiger charge is 2.24. The summed E-state index contributed by atoms with van der Waals surface area (Å²) in [5.74, 6) is 0.192. The third kappa shape index (κ3) is 3.11. The summed E-state index contributed by atoms with van der Waals surface area (Å²) in [6.45, 7) is 2.33. The van der Waals surface area contributed by atoms with Crippen molar-refractivity contribution in [3.05, 3.63) is 54.1 Å². The first-order chi connectivity index (χ1) is 9.34. The van der Waals surface area contributed by atoms with Crippen molar-refractivity contribution >= 4 is 23.9 Å². The van der Waals surface area contributed by atoms with Crippen molar-refractivity contribution in [2.75, 3.05) is 19.6 Å². The summed E-state index contributed by atoms with van der Waals surface area (Å²) in [5, 5.41) is 3.17. The summed E-state index contributed by atoms with van der Waals surface area (Å²) in [6, 6.07) is 10.3. The molecule has 3 rings (SSSR count). The number of halogens is 1. The van der Waals surface area contributed by atoms with E-state index in [1.54, 1.807) is 0 Å². The number of hydrogen-bond donors (Lipinski definition) is 1. The molecule has 0 fully saturated rings. The van der Waals surface area contributed by atoms with Crippen molar-refractivity contribution in [2.24, 2.45) is 0 Å². The summed E-state index contributed by atoms with van der Waals surface area (Å²) in [4.78, 5) is 14.2. The fourth-order valence-electron chi connectivity index (χ4n) is 2.62. The predicted octanol–water partition coefficient (Wildman–Crippen LogP) is 2.25. The minimum absolute atomic E-state index is 0. The molecule has 1 amide bonds. The lowest BCUT2D eigenvalue weighted by atomic mass is 9.99. The number of carbonyl (C=O) groups excluding carboxylic acids is 1. The highest BCUT2D eigenvalue weighted by molar-refractivity contribution is 5.85. The first-order valence-corrected chi connectivity index (χ1v) is 6.78. The summed E-state index contributed by atoms with van der Waals surface area (Å²) in [7, 11) is 0. The molecule has 1 atom stereocenters. The van der Waals surface area contributed by atoms with Crippen LogP contribution in [-0.2, 0) is 4.79 Å². The van der Waals surface area contributed by atoms with Crippen molar-refractivity contribution in [1.82, 2.24) is 10.2 Å². The zero-order valence-electron chi connectivity index (χ0n) is 11.3. The Hall–Kier alpha value is -1.58. The number of amides is 1. The molecule has 0 radical (unpaired) electrons. The summed E-state index contributed by atoms with van der Waals surface area (Å²) >= 11 is 0. The van der Waals surface area contributed by atoms with Gasteiger partial charge in [0.05, 0.1) is 0 Å². The third-order valence-electron chi connectivity index (χ3n) is 3.72. The van der Waals surface area contributed by atoms with Crippen LogP contribution in [0.4, 0.5) is 0 Å². The summed E-state index contributed by atoms with van der Waals surface area (Å²) in [5.41, 5.74) is 2.62. The van der Waals surface area contributed by atoms with E-state index in [1.165, 1.54) is 11.1 Å². The van der Waals surface area contributed by atoms with Crippen LogP contribution in [-0.4, -0.2) is 36.5 Å². The monoisotopic (exact) mass is 290 g/mol. The van der Waals surface area contributed by atoms with E-state index >= 15 is 0 Å². The van der Waals surface area contributed by atoms with Crippen LogP contribution in [0.15, 0.2) is 48.6 Å². The summed E-state index contributed by atoms with van der Waals surface area (Å²) < 4.78 is 0. The molecule has 1 N–H and O–H groups in total. The molecular formula is C16H19ClN2O. The van der Waals surface area contributed by atoms with Crippen LogP contribution in [0.25, 0.3) is 5.57 Å². The second kappa shape index (κ2) is 6.73. The molecule has 1 unspecified atom stereocenters. The van der Waals surface area contributed by atoms with Crippen LogP contribution in [0.1, 0.15) is 12.0 Å². The fraction of sp³-hybridized carbons (Fsp3) is 0.312. The van der Waals surface area contributed by atoms with Crippen LogP contribution in [0.2, 0.25) is 0 Å². The van der Waals surface area contributed by atoms with Gasteiger partial charge in [0.25, 0.3) is 0 Å². The molecule has 0 saturated heterocycles. The van der Waals surface area contributed by atoms with Gasteiger partial charge in [0.1, 0.15) is 6.04 Å². The van der Waals surface area contributed by atoms with Gasteiger partial charge in [0, 0.05) is 19.6 Å². The number of nitrogens with one attached hydrogen (secondary N) is 1. The van der Waals surface area contributed by atoms with E-state index in [0.717, 1.165) is 26.1 Å². The second-order valence-electron chi connectivity index (χ2n) is 4.94. The zero-order chi connectivity index (χ0) is 13.1. The maximum Gasteiger partial charge on any atom is 0.243 e. The van der Waals surface area contributed by atoms with Gasteiger partial charge in [-0.1, -0.05) is 48.6 Å². The van der Waals surface area contributed by atoms with Crippen LogP contribution in [0, 0.1) is 0 Å². The minimum Gasteiger partial charge on any atom is -0.337 e. The Balaban J connectivity index is 0.00000147. The van der Waals surface area contributed by atoms with Crippen LogP contribution in [0.3, 0.4) is 0 Å². The lowest BCUT2D eigenvalue weighted by molar-refractivity contribution is -0.131. The number of carbonyl (C=O) groups is 1. The molecule has 1 aromatic rings. The molecule has 1 aromatic carbocycles. The van der Waals surface area contributed by atoms with Crippen LogP contribution >= 0.6 is 12.4 Å². The SMILES string of the molecule is Cl.O=C(C1C=CCN1)N1CC=C(c2ccccc2)CC1. The first-order valence-electron chi connectivity index (χ1n) is 6.78. The Morgan fingerprint density at radius 1 is 1.25 bits per heavy atom. The lowest BCUT2D eigenvalue weighted by Crippen LogP contribution is -2.45. The van der Waals surface area contributed by atoms with Gasteiger partial charge in [-0.05, 0) is 17.6 Å². The molecule has 3 nitrogen and oxygen atoms in total. The topological polar surface area (TPSA) is 32.3 Å². The largest absolute Gasteiger partial charge is 0.337 e. The Bertz CT molecular complexity index is 525. The Labute approximate surface area is 125 Å². The van der Waals surface area contributed by atoms with Gasteiger partial charge in [0.2, 0.25) is 5.91 Å². The molecule has 0 bridgehead atoms. The molecular weight excluding hydrogens is 272 g/mol. The first kappa shape index (κ1) is 14.8. The number of rotatable bonds is 2. The van der Waals surface area contributed by atoms with Gasteiger partial charge in [-0.3, -0.25) is 10.1 Å². The minimum atomic E-state index is -0.119. The number of hydrogen-bond acceptors (Lipinski definition) is 2. The third-order valence-corrected chi connectivity index (χ3v) is 3.72. The lowest BCUT2D eigenvalue weighted by Gasteiger charge is -2.28. The van der Waals surface area contributed by atoms with Crippen molar-refractivity contribution in [3.63, 3.8) is 0 Å². The molecule has 106 valence electrons. The fourth-order valence-corrected chi connectivity index (χ4v) is 2.62. The van der Waals surface area contributed by atoms with Crippen LogP contribution in [0.5, 0.6) is 0 Å². The quantitative estimate of drug-likeness (QED) is 0.848. The molecule has 0 aromatic heterocycles. The molecule has 4 heteroatoms. The average molecular weight is 291 g/mol. The van der Waals surface area contributed by atoms with E-state index in [1.807, 2.05) is 23.1 Å². The molecule has 2 aliphatic heterocycles. The average Bonchev–Trinajstić information content (AvgIpc) is 3.02. The highest BCUT2D eigenvalue weighted by Crippen LogP contribution is 2.22. The zero-order valence-corrected chi connectivity index (χ0v) is 12.1. The van der Waals surface area contributed by atoms with Gasteiger partial charge in [0.15, 0.2) is 0 Å². The van der Waals surface area contributed by atoms with Crippen molar-refractivity contribution in [1.29, 1.82) is 0 Å². The Morgan fingerprint density at radius 2 is 2.05 bits per heavy atom. The maximum absolute atomic E-state index is 12.2. The van der Waals surface area contributed by atoms with Crippen molar-refractivity contribution in [2.45, 2.75) is 12.5 Å². The summed E-state index contributed by atoms with van der Waals surface area (Å²) in [6.07, 6.45) is 7.08. The normalized spacial score (nSPS) is 21.3. The second-order valence-corrected chi connectivity index (χ2v) is 4.94. The molecule has 2 aliphatic rings. The van der Waals surface area contributed by atoms with Crippen molar-refractivity contribution < 1.29 is 4.79 Å². The smallest absolute Gasteiger partial charge is 0.243 e. The number of benzene rings is 1. The van der Waals surface area contributed by atoms with E-state index in [0.29, 0.717) is 0 Å². The molecule has 0 saturated carbocycles. The van der Waals surface area contributed by atoms with Crippen molar-refractivity contribution in [3.8, 4) is 0 Å². The Morgan fingerprint density at radius 3 is 2.65 bits per heavy atom. The van der Waals surface area contributed by atoms with E-state index in [-0.39, 0.29) is 24.4 Å². The predicted molar refractivity (Wildman–Crippen MR) is 83.8 cm³/mol. The van der Waals surface area contributed by atoms with E-state index < -0.39 is 0 Å². The molecule has 0 aliphatic carbocycles. The number of nitrogens with zero attached hydrogens (tertiary/aromatic N) is 1. The van der Waals surface area contributed by atoms with E-state index in [4.69, 9.17) is 0 Å². The van der Waals surface area contributed by atoms with Crippen LogP contribution < -0.4 is 5.32 Å². The van der Waals surface area contributed by atoms with Gasteiger partial charge in [-0.2, -0.15) is 0 Å². The maximum atomic E-state index is 12.2. The molecule has 20 heavy (non-hydrogen) atoms. The van der Waals surface area contributed by atoms with Gasteiger partial charge >= 0.3 is 0 Å². The van der Waals surface area contributed by atoms with E-state index in [9.17, 15) is 4.79 Å². The molecule has 2 heterocycles. The Kier molecular flexibility index (Phi) is 4.99.